The number of nitrogens with one attached hydrogen (secondary N) is 2. The lowest BCUT2D eigenvalue weighted by molar-refractivity contribution is 0.0783. The van der Waals surface area contributed by atoms with Crippen molar-refractivity contribution in [1.82, 2.24) is 10.6 Å². The Morgan fingerprint density at radius 2 is 1.86 bits per heavy atom. The molecule has 1 aromatic carbocycles. The van der Waals surface area contributed by atoms with Crippen LogP contribution in [0.3, 0.4) is 0 Å². The van der Waals surface area contributed by atoms with Crippen molar-refractivity contribution in [3.8, 4) is 11.5 Å². The first-order chi connectivity index (χ1) is 13.7. The van der Waals surface area contributed by atoms with E-state index in [9.17, 15) is 0 Å². The number of guanidine groups is 1. The van der Waals surface area contributed by atoms with Gasteiger partial charge in [0.15, 0.2) is 17.5 Å². The first-order valence-electron chi connectivity index (χ1n) is 10.1. The van der Waals surface area contributed by atoms with Gasteiger partial charge < -0.3 is 24.8 Å². The standard InChI is InChI=1S/C21H35N3O3S/c1-5-26-18-8-7-17(15-19(18)27-6-2)9-12-23-20(22-3)24-16-21(28-4)10-13-25-14-11-21/h7-8,15H,5-6,9-14,16H2,1-4H3,(H2,22,23,24). The molecule has 0 aliphatic carbocycles. The normalized spacial score (nSPS) is 16.5. The van der Waals surface area contributed by atoms with E-state index in [0.717, 1.165) is 63.0 Å². The van der Waals surface area contributed by atoms with Crippen LogP contribution in [0.1, 0.15) is 32.3 Å². The zero-order valence-electron chi connectivity index (χ0n) is 17.7. The van der Waals surface area contributed by atoms with Crippen molar-refractivity contribution in [2.45, 2.75) is 37.9 Å². The first-order valence-corrected chi connectivity index (χ1v) is 11.3. The average Bonchev–Trinajstić information content (AvgIpc) is 2.73. The van der Waals surface area contributed by atoms with Crippen LogP contribution in [0.2, 0.25) is 0 Å². The van der Waals surface area contributed by atoms with Crippen molar-refractivity contribution in [2.24, 2.45) is 4.99 Å². The van der Waals surface area contributed by atoms with Gasteiger partial charge in [-0.25, -0.2) is 0 Å². The van der Waals surface area contributed by atoms with E-state index in [0.29, 0.717) is 13.2 Å². The van der Waals surface area contributed by atoms with Gasteiger partial charge in [0.25, 0.3) is 0 Å². The summed E-state index contributed by atoms with van der Waals surface area (Å²) in [5.41, 5.74) is 1.21. The molecule has 1 aliphatic heterocycles. The van der Waals surface area contributed by atoms with Crippen LogP contribution in [0.5, 0.6) is 11.5 Å². The summed E-state index contributed by atoms with van der Waals surface area (Å²) < 4.78 is 17.1. The van der Waals surface area contributed by atoms with Crippen molar-refractivity contribution < 1.29 is 14.2 Å². The lowest BCUT2D eigenvalue weighted by Gasteiger charge is -2.36. The predicted octanol–water partition coefficient (Wildman–Crippen LogP) is 3.10. The summed E-state index contributed by atoms with van der Waals surface area (Å²) >= 11 is 1.93. The van der Waals surface area contributed by atoms with Gasteiger partial charge in [0.05, 0.1) is 13.2 Å². The van der Waals surface area contributed by atoms with Gasteiger partial charge in [0.2, 0.25) is 0 Å². The smallest absolute Gasteiger partial charge is 0.191 e. The summed E-state index contributed by atoms with van der Waals surface area (Å²) in [7, 11) is 1.81. The number of aliphatic imine (C=N–C) groups is 1. The van der Waals surface area contributed by atoms with Crippen LogP contribution in [-0.2, 0) is 11.2 Å². The number of hydrogen-bond acceptors (Lipinski definition) is 5. The molecule has 158 valence electrons. The van der Waals surface area contributed by atoms with Crippen molar-refractivity contribution in [2.75, 3.05) is 52.8 Å². The molecule has 0 amide bonds. The van der Waals surface area contributed by atoms with Gasteiger partial charge >= 0.3 is 0 Å². The third-order valence-electron chi connectivity index (χ3n) is 4.95. The molecule has 1 aliphatic rings. The van der Waals surface area contributed by atoms with Crippen LogP contribution in [0.4, 0.5) is 0 Å². The molecule has 6 nitrogen and oxygen atoms in total. The molecule has 0 saturated carbocycles. The number of benzene rings is 1. The summed E-state index contributed by atoms with van der Waals surface area (Å²) in [5.74, 6) is 2.46. The number of rotatable bonds is 10. The highest BCUT2D eigenvalue weighted by atomic mass is 32.2. The Morgan fingerprint density at radius 3 is 2.50 bits per heavy atom. The van der Waals surface area contributed by atoms with E-state index in [1.807, 2.05) is 38.7 Å². The topological polar surface area (TPSA) is 64.1 Å². The monoisotopic (exact) mass is 409 g/mol. The molecular formula is C21H35N3O3S. The van der Waals surface area contributed by atoms with Gasteiger partial charge in [0.1, 0.15) is 0 Å². The van der Waals surface area contributed by atoms with Gasteiger partial charge in [0, 0.05) is 38.1 Å². The molecule has 1 fully saturated rings. The third kappa shape index (κ3) is 6.78. The summed E-state index contributed by atoms with van der Waals surface area (Å²) in [5, 5.41) is 6.91. The fourth-order valence-corrected chi connectivity index (χ4v) is 4.03. The minimum atomic E-state index is 0.234. The van der Waals surface area contributed by atoms with E-state index in [-0.39, 0.29) is 4.75 Å². The van der Waals surface area contributed by atoms with Crippen molar-refractivity contribution >= 4 is 17.7 Å². The van der Waals surface area contributed by atoms with E-state index in [1.165, 1.54) is 5.56 Å². The maximum atomic E-state index is 5.71. The molecule has 2 rings (SSSR count). The van der Waals surface area contributed by atoms with Crippen molar-refractivity contribution in [3.63, 3.8) is 0 Å². The van der Waals surface area contributed by atoms with E-state index in [2.05, 4.69) is 34.0 Å². The molecule has 0 aromatic heterocycles. The van der Waals surface area contributed by atoms with Crippen LogP contribution in [0.25, 0.3) is 0 Å². The van der Waals surface area contributed by atoms with Gasteiger partial charge in [-0.05, 0) is 57.1 Å². The molecule has 28 heavy (non-hydrogen) atoms. The highest BCUT2D eigenvalue weighted by Gasteiger charge is 2.31. The second-order valence-corrected chi connectivity index (χ2v) is 8.02. The van der Waals surface area contributed by atoms with Crippen LogP contribution in [0.15, 0.2) is 23.2 Å². The van der Waals surface area contributed by atoms with Gasteiger partial charge in [-0.2, -0.15) is 11.8 Å². The Kier molecular flexibility index (Phi) is 9.78. The molecule has 0 radical (unpaired) electrons. The maximum absolute atomic E-state index is 5.71. The lowest BCUT2D eigenvalue weighted by atomic mass is 9.99. The highest BCUT2D eigenvalue weighted by Crippen LogP contribution is 2.33. The number of thioether (sulfide) groups is 1. The Morgan fingerprint density at radius 1 is 1.14 bits per heavy atom. The number of ether oxygens (including phenoxy) is 3. The highest BCUT2D eigenvalue weighted by molar-refractivity contribution is 8.00. The number of hydrogen-bond donors (Lipinski definition) is 2. The molecule has 0 atom stereocenters. The molecule has 1 saturated heterocycles. The van der Waals surface area contributed by atoms with Crippen LogP contribution in [-0.4, -0.2) is 63.5 Å². The maximum Gasteiger partial charge on any atom is 0.191 e. The van der Waals surface area contributed by atoms with E-state index >= 15 is 0 Å². The minimum absolute atomic E-state index is 0.234. The van der Waals surface area contributed by atoms with Gasteiger partial charge in [-0.1, -0.05) is 6.07 Å². The van der Waals surface area contributed by atoms with Crippen LogP contribution < -0.4 is 20.1 Å². The molecule has 0 spiro atoms. The molecule has 0 bridgehead atoms. The fourth-order valence-electron chi connectivity index (χ4n) is 3.24. The summed E-state index contributed by atoms with van der Waals surface area (Å²) in [6.07, 6.45) is 5.22. The molecule has 1 aromatic rings. The SMILES string of the molecule is CCOc1ccc(CCNC(=NC)NCC2(SC)CCOCC2)cc1OCC. The molecule has 1 heterocycles. The Balaban J connectivity index is 1.84. The van der Waals surface area contributed by atoms with Crippen molar-refractivity contribution in [1.29, 1.82) is 0 Å². The quantitative estimate of drug-likeness (QED) is 0.457. The molecule has 2 N–H and O–H groups in total. The third-order valence-corrected chi connectivity index (χ3v) is 6.37. The zero-order valence-corrected chi connectivity index (χ0v) is 18.5. The first kappa shape index (κ1) is 22.7. The van der Waals surface area contributed by atoms with E-state index in [1.54, 1.807) is 0 Å². The Bertz CT molecular complexity index is 619. The van der Waals surface area contributed by atoms with Crippen LogP contribution >= 0.6 is 11.8 Å². The summed E-state index contributed by atoms with van der Waals surface area (Å²) in [6, 6.07) is 6.15. The van der Waals surface area contributed by atoms with Crippen molar-refractivity contribution in [3.05, 3.63) is 23.8 Å². The second-order valence-electron chi connectivity index (χ2n) is 6.75. The predicted molar refractivity (Wildman–Crippen MR) is 118 cm³/mol. The molecule has 7 heteroatoms. The number of nitrogens with zero attached hydrogens (tertiary/aromatic N) is 1. The minimum Gasteiger partial charge on any atom is -0.490 e. The lowest BCUT2D eigenvalue weighted by Crippen LogP contribution is -2.48. The average molecular weight is 410 g/mol. The zero-order chi connectivity index (χ0) is 20.2. The summed E-state index contributed by atoms with van der Waals surface area (Å²) in [6.45, 7) is 8.60. The molecular weight excluding hydrogens is 374 g/mol. The fraction of sp³-hybridized carbons (Fsp3) is 0.667. The second kappa shape index (κ2) is 12.1. The summed E-state index contributed by atoms with van der Waals surface area (Å²) in [4.78, 5) is 4.36. The Labute approximate surface area is 173 Å². The van der Waals surface area contributed by atoms with E-state index in [4.69, 9.17) is 14.2 Å². The van der Waals surface area contributed by atoms with Crippen LogP contribution in [0, 0.1) is 0 Å². The Hall–Kier alpha value is -1.60. The molecule has 0 unspecified atom stereocenters. The van der Waals surface area contributed by atoms with E-state index < -0.39 is 0 Å². The van der Waals surface area contributed by atoms with Gasteiger partial charge in [-0.3, -0.25) is 4.99 Å². The van der Waals surface area contributed by atoms with Gasteiger partial charge in [-0.15, -0.1) is 0 Å². The largest absolute Gasteiger partial charge is 0.490 e.